The lowest BCUT2D eigenvalue weighted by atomic mass is 9.74. The Morgan fingerprint density at radius 1 is 1.29 bits per heavy atom. The van der Waals surface area contributed by atoms with Gasteiger partial charge in [-0.2, -0.15) is 0 Å². The monoisotopic (exact) mass is 332 g/mol. The van der Waals surface area contributed by atoms with Crippen LogP contribution in [0.4, 0.5) is 4.79 Å². The van der Waals surface area contributed by atoms with Crippen molar-refractivity contribution in [3.05, 3.63) is 35.4 Å². The van der Waals surface area contributed by atoms with Gasteiger partial charge in [-0.15, -0.1) is 0 Å². The van der Waals surface area contributed by atoms with Crippen LogP contribution in [0.25, 0.3) is 0 Å². The van der Waals surface area contributed by atoms with Gasteiger partial charge in [0.2, 0.25) is 0 Å². The topological polar surface area (TPSA) is 69.6 Å². The zero-order valence-corrected chi connectivity index (χ0v) is 15.0. The molecule has 2 rings (SSSR count). The molecule has 132 valence electrons. The van der Waals surface area contributed by atoms with Crippen LogP contribution in [0.1, 0.15) is 44.4 Å². The third kappa shape index (κ3) is 4.08. The fourth-order valence-electron chi connectivity index (χ4n) is 3.50. The van der Waals surface area contributed by atoms with Crippen LogP contribution in [0.5, 0.6) is 0 Å². The van der Waals surface area contributed by atoms with Crippen LogP contribution in [0.3, 0.4) is 0 Å². The predicted molar refractivity (Wildman–Crippen MR) is 93.8 cm³/mol. The molecule has 2 amide bonds. The molecule has 1 aromatic rings. The first-order valence-electron chi connectivity index (χ1n) is 8.63. The van der Waals surface area contributed by atoms with E-state index in [-0.39, 0.29) is 18.6 Å². The van der Waals surface area contributed by atoms with E-state index in [0.29, 0.717) is 11.8 Å². The van der Waals surface area contributed by atoms with E-state index in [1.165, 1.54) is 16.0 Å². The maximum atomic E-state index is 12.6. The van der Waals surface area contributed by atoms with E-state index >= 15 is 0 Å². The molecule has 3 unspecified atom stereocenters. The number of rotatable bonds is 5. The van der Waals surface area contributed by atoms with Gasteiger partial charge in [0.1, 0.15) is 0 Å². The average molecular weight is 332 g/mol. The molecule has 1 aromatic carbocycles. The van der Waals surface area contributed by atoms with E-state index in [4.69, 9.17) is 5.11 Å². The predicted octanol–water partition coefficient (Wildman–Crippen LogP) is 3.31. The highest BCUT2D eigenvalue weighted by atomic mass is 16.4. The number of carboxylic acids is 1. The van der Waals surface area contributed by atoms with Crippen molar-refractivity contribution in [1.82, 2.24) is 10.2 Å². The molecule has 0 saturated heterocycles. The van der Waals surface area contributed by atoms with Crippen LogP contribution in [0, 0.1) is 17.8 Å². The number of nitrogens with zero attached hydrogens (tertiary/aromatic N) is 1. The Labute approximate surface area is 144 Å². The molecule has 1 aliphatic carbocycles. The Hall–Kier alpha value is -2.04. The molecule has 0 heterocycles. The van der Waals surface area contributed by atoms with E-state index in [9.17, 15) is 9.59 Å². The lowest BCUT2D eigenvalue weighted by molar-refractivity contribution is -0.141. The minimum atomic E-state index is -0.891. The fourth-order valence-corrected chi connectivity index (χ4v) is 3.50. The number of benzene rings is 1. The number of hydrogen-bond donors (Lipinski definition) is 2. The summed E-state index contributed by atoms with van der Waals surface area (Å²) >= 11 is 0. The molecule has 24 heavy (non-hydrogen) atoms. The summed E-state index contributed by atoms with van der Waals surface area (Å²) in [6.45, 7) is 6.18. The number of carbonyl (C=O) groups excluding carboxylic acids is 1. The highest BCUT2D eigenvalue weighted by Gasteiger charge is 2.33. The van der Waals surface area contributed by atoms with Gasteiger partial charge < -0.3 is 15.3 Å². The molecule has 2 N–H and O–H groups in total. The molecule has 0 aliphatic heterocycles. The Morgan fingerprint density at radius 3 is 2.58 bits per heavy atom. The Balaban J connectivity index is 2.15. The maximum absolute atomic E-state index is 12.6. The Bertz CT molecular complexity index is 600. The summed E-state index contributed by atoms with van der Waals surface area (Å²) in [7, 11) is 1.65. The highest BCUT2D eigenvalue weighted by Crippen LogP contribution is 2.38. The van der Waals surface area contributed by atoms with Crippen molar-refractivity contribution < 1.29 is 14.7 Å². The molecule has 5 heteroatoms. The first-order valence-corrected chi connectivity index (χ1v) is 8.63. The molecule has 1 aliphatic rings. The number of fused-ring (bicyclic) bond motifs is 1. The minimum absolute atomic E-state index is 0.0231. The summed E-state index contributed by atoms with van der Waals surface area (Å²) in [5, 5.41) is 12.2. The molecule has 0 fully saturated rings. The van der Waals surface area contributed by atoms with E-state index < -0.39 is 11.9 Å². The molecule has 0 saturated carbocycles. The normalized spacial score (nSPS) is 21.0. The van der Waals surface area contributed by atoms with Gasteiger partial charge in [-0.3, -0.25) is 4.79 Å². The first kappa shape index (κ1) is 18.3. The second-order valence-corrected chi connectivity index (χ2v) is 7.19. The Morgan fingerprint density at radius 2 is 1.96 bits per heavy atom. The zero-order chi connectivity index (χ0) is 17.9. The second kappa shape index (κ2) is 7.69. The molecular weight excluding hydrogens is 304 g/mol. The molecule has 0 radical (unpaired) electrons. The second-order valence-electron chi connectivity index (χ2n) is 7.19. The fraction of sp³-hybridized carbons (Fsp3) is 0.579. The van der Waals surface area contributed by atoms with Crippen LogP contribution >= 0.6 is 0 Å². The van der Waals surface area contributed by atoms with Crippen LogP contribution < -0.4 is 5.32 Å². The molecular formula is C19H28N2O3. The number of amides is 2. The van der Waals surface area contributed by atoms with Gasteiger partial charge >= 0.3 is 12.0 Å². The zero-order valence-electron chi connectivity index (χ0n) is 15.0. The quantitative estimate of drug-likeness (QED) is 0.869. The third-order valence-electron chi connectivity index (χ3n) is 5.02. The number of urea groups is 1. The van der Waals surface area contributed by atoms with Gasteiger partial charge in [-0.05, 0) is 35.8 Å². The van der Waals surface area contributed by atoms with Crippen LogP contribution in [-0.4, -0.2) is 35.6 Å². The lowest BCUT2D eigenvalue weighted by Gasteiger charge is -2.37. The molecule has 0 aromatic heterocycles. The number of hydrogen-bond acceptors (Lipinski definition) is 2. The minimum Gasteiger partial charge on any atom is -0.481 e. The van der Waals surface area contributed by atoms with Crippen molar-refractivity contribution in [3.8, 4) is 0 Å². The number of carbonyl (C=O) groups is 2. The summed E-state index contributed by atoms with van der Waals surface area (Å²) in [6, 6.07) is 8.03. The van der Waals surface area contributed by atoms with Crippen molar-refractivity contribution in [3.63, 3.8) is 0 Å². The van der Waals surface area contributed by atoms with Gasteiger partial charge in [0.05, 0.1) is 12.0 Å². The standard InChI is InChI=1S/C19H28N2O3/c1-12(2)15-10-9-14-7-5-6-8-16(14)17(15)20-19(24)21(4)11-13(3)18(22)23/h5-8,12-13,15,17H,9-11H2,1-4H3,(H,20,24)(H,22,23). The van der Waals surface area contributed by atoms with E-state index in [0.717, 1.165) is 12.8 Å². The van der Waals surface area contributed by atoms with E-state index in [2.05, 4.69) is 31.3 Å². The summed E-state index contributed by atoms with van der Waals surface area (Å²) < 4.78 is 0. The highest BCUT2D eigenvalue weighted by molar-refractivity contribution is 5.76. The Kier molecular flexibility index (Phi) is 5.86. The van der Waals surface area contributed by atoms with E-state index in [1.807, 2.05) is 12.1 Å². The lowest BCUT2D eigenvalue weighted by Crippen LogP contribution is -2.45. The SMILES string of the molecule is CC(CN(C)C(=O)NC1c2ccccc2CCC1C(C)C)C(=O)O. The molecule has 0 spiro atoms. The van der Waals surface area contributed by atoms with Crippen molar-refractivity contribution in [1.29, 1.82) is 0 Å². The smallest absolute Gasteiger partial charge is 0.317 e. The average Bonchev–Trinajstić information content (AvgIpc) is 2.54. The third-order valence-corrected chi connectivity index (χ3v) is 5.02. The van der Waals surface area contributed by atoms with E-state index in [1.54, 1.807) is 14.0 Å². The number of aryl methyl sites for hydroxylation is 1. The van der Waals surface area contributed by atoms with Gasteiger partial charge in [0.15, 0.2) is 0 Å². The molecule has 3 atom stereocenters. The first-order chi connectivity index (χ1) is 11.3. The summed E-state index contributed by atoms with van der Waals surface area (Å²) in [5.41, 5.74) is 2.48. The van der Waals surface area contributed by atoms with Crippen molar-refractivity contribution in [2.24, 2.45) is 17.8 Å². The van der Waals surface area contributed by atoms with Crippen molar-refractivity contribution in [2.75, 3.05) is 13.6 Å². The summed E-state index contributed by atoms with van der Waals surface area (Å²) in [4.78, 5) is 25.0. The van der Waals surface area contributed by atoms with Crippen molar-refractivity contribution >= 4 is 12.0 Å². The van der Waals surface area contributed by atoms with Gasteiger partial charge in [-0.25, -0.2) is 4.79 Å². The molecule has 0 bridgehead atoms. The number of aliphatic carboxylic acids is 1. The van der Waals surface area contributed by atoms with Crippen LogP contribution in [0.2, 0.25) is 0 Å². The van der Waals surface area contributed by atoms with Crippen LogP contribution in [0.15, 0.2) is 24.3 Å². The summed E-state index contributed by atoms with van der Waals surface area (Å²) in [6.07, 6.45) is 2.09. The molecule has 5 nitrogen and oxygen atoms in total. The van der Waals surface area contributed by atoms with Gasteiger partial charge in [0.25, 0.3) is 0 Å². The van der Waals surface area contributed by atoms with Gasteiger partial charge in [-0.1, -0.05) is 45.0 Å². The van der Waals surface area contributed by atoms with Crippen molar-refractivity contribution in [2.45, 2.75) is 39.7 Å². The number of nitrogens with one attached hydrogen (secondary N) is 1. The maximum Gasteiger partial charge on any atom is 0.317 e. The largest absolute Gasteiger partial charge is 0.481 e. The van der Waals surface area contributed by atoms with Crippen LogP contribution in [-0.2, 0) is 11.2 Å². The summed E-state index contributed by atoms with van der Waals surface area (Å²) in [5.74, 6) is -0.626. The number of carboxylic acid groups (broad SMARTS) is 1. The van der Waals surface area contributed by atoms with Gasteiger partial charge in [0, 0.05) is 13.6 Å².